The van der Waals surface area contributed by atoms with Crippen LogP contribution in [-0.4, -0.2) is 22.7 Å². The number of aromatic nitrogens is 1. The van der Waals surface area contributed by atoms with E-state index in [0.717, 1.165) is 16.7 Å². The Hall–Kier alpha value is -0.610. The van der Waals surface area contributed by atoms with Crippen LogP contribution in [0.2, 0.25) is 0 Å². The van der Waals surface area contributed by atoms with Gasteiger partial charge < -0.3 is 10.4 Å². The summed E-state index contributed by atoms with van der Waals surface area (Å²) in [5.74, 6) is 1.28. The van der Waals surface area contributed by atoms with Gasteiger partial charge >= 0.3 is 0 Å². The van der Waals surface area contributed by atoms with E-state index < -0.39 is 0 Å². The lowest BCUT2D eigenvalue weighted by Crippen LogP contribution is -2.07. The lowest BCUT2D eigenvalue weighted by atomic mass is 10.4. The monoisotopic (exact) mass is 242 g/mol. The van der Waals surface area contributed by atoms with E-state index in [2.05, 4.69) is 26.2 Å². The highest BCUT2D eigenvalue weighted by Crippen LogP contribution is 2.33. The Morgan fingerprint density at radius 1 is 1.69 bits per heavy atom. The molecule has 2 N–H and O–H groups in total. The molecule has 2 atom stereocenters. The van der Waals surface area contributed by atoms with Gasteiger partial charge in [-0.15, -0.1) is 0 Å². The minimum atomic E-state index is 0.266. The van der Waals surface area contributed by atoms with Crippen LogP contribution in [-0.2, 0) is 0 Å². The summed E-state index contributed by atoms with van der Waals surface area (Å²) in [7, 11) is 0. The molecule has 0 aliphatic heterocycles. The highest BCUT2D eigenvalue weighted by Gasteiger charge is 2.36. The van der Waals surface area contributed by atoms with Gasteiger partial charge in [0.05, 0.1) is 4.47 Å². The molecule has 1 aliphatic carbocycles. The third-order valence-electron chi connectivity index (χ3n) is 2.24. The normalized spacial score (nSPS) is 25.7. The van der Waals surface area contributed by atoms with Gasteiger partial charge in [-0.2, -0.15) is 0 Å². The molecule has 1 aromatic heterocycles. The summed E-state index contributed by atoms with van der Waals surface area (Å²) in [6.45, 7) is 0.266. The van der Waals surface area contributed by atoms with Crippen molar-refractivity contribution in [1.29, 1.82) is 0 Å². The Bertz CT molecular complexity index is 305. The number of pyridine rings is 1. The second-order valence-electron chi connectivity index (χ2n) is 3.26. The Balaban J connectivity index is 1.99. The predicted octanol–water partition coefficient (Wildman–Crippen LogP) is 1.64. The number of aliphatic hydroxyl groups excluding tert-OH is 1. The third-order valence-corrected chi connectivity index (χ3v) is 2.88. The van der Waals surface area contributed by atoms with E-state index in [1.165, 1.54) is 0 Å². The van der Waals surface area contributed by atoms with Gasteiger partial charge in [0.2, 0.25) is 0 Å². The van der Waals surface area contributed by atoms with Crippen LogP contribution in [0.15, 0.2) is 22.8 Å². The van der Waals surface area contributed by atoms with Crippen molar-refractivity contribution >= 4 is 21.7 Å². The Morgan fingerprint density at radius 3 is 3.15 bits per heavy atom. The van der Waals surface area contributed by atoms with Crippen molar-refractivity contribution < 1.29 is 5.11 Å². The fourth-order valence-corrected chi connectivity index (χ4v) is 1.66. The van der Waals surface area contributed by atoms with Crippen LogP contribution < -0.4 is 5.32 Å². The number of hydrogen-bond acceptors (Lipinski definition) is 3. The molecule has 13 heavy (non-hydrogen) atoms. The van der Waals surface area contributed by atoms with Gasteiger partial charge in [0.1, 0.15) is 5.82 Å². The van der Waals surface area contributed by atoms with Gasteiger partial charge in [-0.05, 0) is 34.5 Å². The summed E-state index contributed by atoms with van der Waals surface area (Å²) in [5.41, 5.74) is 0. The zero-order valence-electron chi connectivity index (χ0n) is 7.07. The van der Waals surface area contributed by atoms with Crippen LogP contribution in [0, 0.1) is 5.92 Å². The summed E-state index contributed by atoms with van der Waals surface area (Å²) in [4.78, 5) is 4.19. The van der Waals surface area contributed by atoms with E-state index >= 15 is 0 Å². The molecule has 0 unspecified atom stereocenters. The predicted molar refractivity (Wildman–Crippen MR) is 54.5 cm³/mol. The SMILES string of the molecule is OC[C@@H]1C[C@H]1Nc1ncccc1Br. The fraction of sp³-hybridized carbons (Fsp3) is 0.444. The Labute approximate surface area is 85.3 Å². The van der Waals surface area contributed by atoms with E-state index in [0.29, 0.717) is 12.0 Å². The first kappa shape index (κ1) is 8.97. The van der Waals surface area contributed by atoms with Crippen LogP contribution in [0.3, 0.4) is 0 Å². The van der Waals surface area contributed by atoms with Crippen LogP contribution in [0.5, 0.6) is 0 Å². The van der Waals surface area contributed by atoms with E-state index in [9.17, 15) is 0 Å². The van der Waals surface area contributed by atoms with E-state index in [1.54, 1.807) is 6.20 Å². The van der Waals surface area contributed by atoms with Crippen LogP contribution in [0.25, 0.3) is 0 Å². The molecule has 2 rings (SSSR count). The lowest BCUT2D eigenvalue weighted by molar-refractivity contribution is 0.275. The second kappa shape index (κ2) is 3.64. The molecule has 0 saturated heterocycles. The van der Waals surface area contributed by atoms with Gasteiger partial charge in [0.15, 0.2) is 0 Å². The first-order valence-electron chi connectivity index (χ1n) is 4.29. The summed E-state index contributed by atoms with van der Waals surface area (Å²) in [6, 6.07) is 4.23. The fourth-order valence-electron chi connectivity index (χ4n) is 1.29. The molecule has 0 amide bonds. The maximum atomic E-state index is 8.85. The Kier molecular flexibility index (Phi) is 2.51. The topological polar surface area (TPSA) is 45.1 Å². The van der Waals surface area contributed by atoms with E-state index in [-0.39, 0.29) is 6.61 Å². The van der Waals surface area contributed by atoms with Gasteiger partial charge in [-0.1, -0.05) is 0 Å². The van der Waals surface area contributed by atoms with Crippen LogP contribution in [0.4, 0.5) is 5.82 Å². The third kappa shape index (κ3) is 2.00. The van der Waals surface area contributed by atoms with Crippen molar-refractivity contribution in [2.24, 2.45) is 5.92 Å². The van der Waals surface area contributed by atoms with Crippen molar-refractivity contribution in [3.63, 3.8) is 0 Å². The van der Waals surface area contributed by atoms with Gasteiger partial charge in [0, 0.05) is 24.8 Å². The van der Waals surface area contributed by atoms with Crippen molar-refractivity contribution in [2.45, 2.75) is 12.5 Å². The standard InChI is InChI=1S/C9H11BrN2O/c10-7-2-1-3-11-9(7)12-8-4-6(8)5-13/h1-3,6,8,13H,4-5H2,(H,11,12)/t6-,8+/m0/s1. The van der Waals surface area contributed by atoms with Gasteiger partial charge in [0.25, 0.3) is 0 Å². The van der Waals surface area contributed by atoms with E-state index in [1.807, 2.05) is 12.1 Å². The molecule has 0 aromatic carbocycles. The molecule has 4 heteroatoms. The highest BCUT2D eigenvalue weighted by molar-refractivity contribution is 9.10. The molecule has 0 radical (unpaired) electrons. The first-order chi connectivity index (χ1) is 6.31. The number of nitrogens with zero attached hydrogens (tertiary/aromatic N) is 1. The summed E-state index contributed by atoms with van der Waals surface area (Å²) in [5, 5.41) is 12.1. The zero-order valence-corrected chi connectivity index (χ0v) is 8.66. The van der Waals surface area contributed by atoms with Crippen molar-refractivity contribution in [3.8, 4) is 0 Å². The molecular weight excluding hydrogens is 232 g/mol. The molecule has 1 fully saturated rings. The second-order valence-corrected chi connectivity index (χ2v) is 4.12. The highest BCUT2D eigenvalue weighted by atomic mass is 79.9. The largest absolute Gasteiger partial charge is 0.396 e. The number of rotatable bonds is 3. The number of hydrogen-bond donors (Lipinski definition) is 2. The number of halogens is 1. The molecule has 1 aromatic rings. The minimum Gasteiger partial charge on any atom is -0.396 e. The molecule has 1 saturated carbocycles. The average Bonchev–Trinajstić information content (AvgIpc) is 2.88. The minimum absolute atomic E-state index is 0.266. The van der Waals surface area contributed by atoms with Crippen molar-refractivity contribution in [1.82, 2.24) is 4.98 Å². The first-order valence-corrected chi connectivity index (χ1v) is 5.08. The van der Waals surface area contributed by atoms with Gasteiger partial charge in [-0.25, -0.2) is 4.98 Å². The van der Waals surface area contributed by atoms with E-state index in [4.69, 9.17) is 5.11 Å². The molecule has 1 aliphatic rings. The summed E-state index contributed by atoms with van der Waals surface area (Å²) in [6.07, 6.45) is 2.79. The summed E-state index contributed by atoms with van der Waals surface area (Å²) < 4.78 is 0.971. The number of nitrogens with one attached hydrogen (secondary N) is 1. The maximum absolute atomic E-state index is 8.85. The van der Waals surface area contributed by atoms with Crippen LogP contribution >= 0.6 is 15.9 Å². The molecule has 0 spiro atoms. The molecule has 70 valence electrons. The molecule has 0 bridgehead atoms. The average molecular weight is 243 g/mol. The summed E-state index contributed by atoms with van der Waals surface area (Å²) >= 11 is 3.41. The Morgan fingerprint density at radius 2 is 2.54 bits per heavy atom. The van der Waals surface area contributed by atoms with Crippen molar-refractivity contribution in [3.05, 3.63) is 22.8 Å². The van der Waals surface area contributed by atoms with Crippen molar-refractivity contribution in [2.75, 3.05) is 11.9 Å². The molecule has 1 heterocycles. The smallest absolute Gasteiger partial charge is 0.140 e. The molecular formula is C9H11BrN2O. The molecule has 3 nitrogen and oxygen atoms in total. The number of anilines is 1. The number of aliphatic hydroxyl groups is 1. The zero-order chi connectivity index (χ0) is 9.26. The lowest BCUT2D eigenvalue weighted by Gasteiger charge is -2.05. The maximum Gasteiger partial charge on any atom is 0.140 e. The van der Waals surface area contributed by atoms with Crippen LogP contribution in [0.1, 0.15) is 6.42 Å². The van der Waals surface area contributed by atoms with Gasteiger partial charge in [-0.3, -0.25) is 0 Å². The quantitative estimate of drug-likeness (QED) is 0.848.